The first-order valence-electron chi connectivity index (χ1n) is 15.3. The molecule has 4 N–H and O–H groups in total. The van der Waals surface area contributed by atoms with Crippen LogP contribution in [0.4, 0.5) is 0 Å². The second-order valence-electron chi connectivity index (χ2n) is 13.6. The molecule has 4 aliphatic rings. The predicted molar refractivity (Wildman–Crippen MR) is 164 cm³/mol. The number of amides is 2. The number of nitrogens with one attached hydrogen (secondary N) is 2. The normalized spacial score (nSPS) is 36.0. The molecule has 232 valence electrons. The number of rotatable bonds is 10. The highest BCUT2D eigenvalue weighted by atomic mass is 32.1. The Hall–Kier alpha value is -2.51. The van der Waals surface area contributed by atoms with Crippen LogP contribution in [0.5, 0.6) is 0 Å². The average molecular weight is 602 g/mol. The Balaban J connectivity index is 1.35. The van der Waals surface area contributed by atoms with Gasteiger partial charge < -0.3 is 25.7 Å². The van der Waals surface area contributed by atoms with Crippen molar-refractivity contribution in [2.45, 2.75) is 103 Å². The molecule has 0 radical (unpaired) electrons. The zero-order valence-electron chi connectivity index (χ0n) is 25.3. The van der Waals surface area contributed by atoms with Crippen molar-refractivity contribution in [3.05, 3.63) is 11.6 Å². The van der Waals surface area contributed by atoms with Crippen molar-refractivity contribution in [3.8, 4) is 12.3 Å². The summed E-state index contributed by atoms with van der Waals surface area (Å²) in [5, 5.41) is 29.9. The maximum atomic E-state index is 12.7. The van der Waals surface area contributed by atoms with Gasteiger partial charge >= 0.3 is 5.97 Å². The van der Waals surface area contributed by atoms with Crippen LogP contribution in [0.3, 0.4) is 0 Å². The number of carboxylic acids is 1. The van der Waals surface area contributed by atoms with E-state index in [2.05, 4.69) is 54.3 Å². The van der Waals surface area contributed by atoms with Gasteiger partial charge in [0.25, 0.3) is 5.91 Å². The molecule has 0 heterocycles. The summed E-state index contributed by atoms with van der Waals surface area (Å²) in [6.07, 6.45) is 15.2. The predicted octanol–water partition coefficient (Wildman–Crippen LogP) is 3.72. The number of hydrogen-bond donors (Lipinski definition) is 5. The van der Waals surface area contributed by atoms with Crippen molar-refractivity contribution in [2.24, 2.45) is 39.7 Å². The number of carbonyl (C=O) groups is 3. The van der Waals surface area contributed by atoms with E-state index in [1.807, 2.05) is 0 Å². The van der Waals surface area contributed by atoms with Crippen molar-refractivity contribution in [2.75, 3.05) is 12.4 Å². The molecule has 0 unspecified atom stereocenters. The second kappa shape index (κ2) is 12.6. The number of oxime groups is 1. The van der Waals surface area contributed by atoms with E-state index in [-0.39, 0.29) is 35.5 Å². The molecule has 10 heteroatoms. The third kappa shape index (κ3) is 6.10. The molecule has 3 saturated carbocycles. The number of carboxylic acid groups (broad SMARTS) is 1. The van der Waals surface area contributed by atoms with Crippen LogP contribution in [0, 0.1) is 46.8 Å². The summed E-state index contributed by atoms with van der Waals surface area (Å²) in [5.74, 6) is 2.30. The quantitative estimate of drug-likeness (QED) is 0.147. The van der Waals surface area contributed by atoms with Gasteiger partial charge in [0.05, 0.1) is 12.1 Å². The Morgan fingerprint density at radius 2 is 1.86 bits per heavy atom. The molecule has 0 aromatic carbocycles. The van der Waals surface area contributed by atoms with E-state index in [0.29, 0.717) is 24.2 Å². The van der Waals surface area contributed by atoms with Crippen LogP contribution < -0.4 is 10.6 Å². The molecule has 3 fully saturated rings. The van der Waals surface area contributed by atoms with E-state index in [1.54, 1.807) is 13.8 Å². The Morgan fingerprint density at radius 1 is 1.14 bits per heavy atom. The van der Waals surface area contributed by atoms with E-state index in [9.17, 15) is 19.5 Å². The molecule has 8 atom stereocenters. The Morgan fingerprint density at radius 3 is 2.50 bits per heavy atom. The number of carbonyl (C=O) groups excluding carboxylic acids is 2. The molecule has 2 amide bonds. The molecule has 0 spiro atoms. The van der Waals surface area contributed by atoms with Crippen molar-refractivity contribution < 1.29 is 29.4 Å². The van der Waals surface area contributed by atoms with Crippen molar-refractivity contribution in [1.29, 1.82) is 0 Å². The van der Waals surface area contributed by atoms with Gasteiger partial charge in [0.2, 0.25) is 5.91 Å². The van der Waals surface area contributed by atoms with Gasteiger partial charge in [-0.1, -0.05) is 44.3 Å². The summed E-state index contributed by atoms with van der Waals surface area (Å²) >= 11 is 4.11. The average Bonchev–Trinajstić information content (AvgIpc) is 3.21. The first-order valence-corrected chi connectivity index (χ1v) is 15.9. The number of hydrogen-bond acceptors (Lipinski definition) is 7. The van der Waals surface area contributed by atoms with Gasteiger partial charge in [-0.25, -0.2) is 0 Å². The van der Waals surface area contributed by atoms with Gasteiger partial charge in [-0.2, -0.15) is 12.6 Å². The fourth-order valence-electron chi connectivity index (χ4n) is 8.48. The topological polar surface area (TPSA) is 137 Å². The minimum Gasteiger partial charge on any atom is -0.481 e. The summed E-state index contributed by atoms with van der Waals surface area (Å²) in [6, 6.07) is -1.48. The van der Waals surface area contributed by atoms with E-state index in [0.717, 1.165) is 50.7 Å². The van der Waals surface area contributed by atoms with Crippen LogP contribution >= 0.6 is 12.6 Å². The minimum absolute atomic E-state index is 0.0842. The minimum atomic E-state index is -1.04. The fraction of sp³-hybridized carbons (Fsp3) is 0.750. The van der Waals surface area contributed by atoms with Gasteiger partial charge in [-0.3, -0.25) is 14.4 Å². The van der Waals surface area contributed by atoms with Crippen LogP contribution in [0.25, 0.3) is 0 Å². The lowest BCUT2D eigenvalue weighted by atomic mass is 9.46. The van der Waals surface area contributed by atoms with Crippen molar-refractivity contribution in [1.82, 2.24) is 10.6 Å². The lowest BCUT2D eigenvalue weighted by Gasteiger charge is -2.58. The SMILES string of the molecule is C#C[C@@]1(O)CC[C@@H]2[C@@H]3CCC4=C/C(=N\OCC(=O)N[C@@H](C(=O)N[C@H](CS)CC(=O)O)C(C)C)CC[C@]4(C)[C@@H]3CC[C@@]21C. The molecule has 4 aliphatic carbocycles. The standard InChI is InChI=1S/C32H47N3O6S/c1-6-32(40)14-11-25-23-8-7-20-15-21(9-12-30(20,4)24(23)10-13-31(25,32)5)35-41-17-26(36)34-28(19(2)3)29(39)33-22(18-42)16-27(37)38/h1,15,19,22-25,28,40,42H,7-14,16-18H2,2-5H3,(H,33,39)(H,34,36)(H,37,38)/b35-21-/t22-,23+,24+,25+,28+,30-,31-,32+/m0/s1. The molecular formula is C32H47N3O6S. The summed E-state index contributed by atoms with van der Waals surface area (Å²) < 4.78 is 0. The van der Waals surface area contributed by atoms with Crippen molar-refractivity contribution >= 4 is 36.1 Å². The molecular weight excluding hydrogens is 554 g/mol. The molecule has 0 aromatic heterocycles. The van der Waals surface area contributed by atoms with Crippen LogP contribution in [-0.2, 0) is 19.2 Å². The lowest BCUT2D eigenvalue weighted by Crippen LogP contribution is -2.54. The third-order valence-electron chi connectivity index (χ3n) is 11.0. The van der Waals surface area contributed by atoms with Crippen LogP contribution in [-0.4, -0.2) is 63.8 Å². The van der Waals surface area contributed by atoms with Gasteiger partial charge in [-0.05, 0) is 86.5 Å². The van der Waals surface area contributed by atoms with Gasteiger partial charge in [0.1, 0.15) is 11.6 Å². The van der Waals surface area contributed by atoms with E-state index in [1.165, 1.54) is 5.57 Å². The number of terminal acetylenes is 1. The highest BCUT2D eigenvalue weighted by Gasteiger charge is 2.63. The highest BCUT2D eigenvalue weighted by molar-refractivity contribution is 7.80. The van der Waals surface area contributed by atoms with Gasteiger partial charge in [-0.15, -0.1) is 6.42 Å². The first kappa shape index (κ1) is 32.4. The number of nitrogens with zero attached hydrogens (tertiary/aromatic N) is 1. The maximum Gasteiger partial charge on any atom is 0.305 e. The summed E-state index contributed by atoms with van der Waals surface area (Å²) in [6.45, 7) is 7.87. The monoisotopic (exact) mass is 601 g/mol. The van der Waals surface area contributed by atoms with E-state index in [4.69, 9.17) is 16.4 Å². The second-order valence-corrected chi connectivity index (χ2v) is 14.0. The Labute approximate surface area is 255 Å². The molecule has 4 rings (SSSR count). The molecule has 0 aliphatic heterocycles. The molecule has 42 heavy (non-hydrogen) atoms. The molecule has 0 aromatic rings. The maximum absolute atomic E-state index is 12.7. The smallest absolute Gasteiger partial charge is 0.305 e. The van der Waals surface area contributed by atoms with Crippen LogP contribution in [0.2, 0.25) is 0 Å². The largest absolute Gasteiger partial charge is 0.481 e. The number of aliphatic carboxylic acids is 1. The third-order valence-corrected chi connectivity index (χ3v) is 11.4. The van der Waals surface area contributed by atoms with Crippen LogP contribution in [0.15, 0.2) is 16.8 Å². The number of allylic oxidation sites excluding steroid dienone is 2. The first-order chi connectivity index (χ1) is 19.8. The van der Waals surface area contributed by atoms with E-state index < -0.39 is 35.5 Å². The zero-order chi connectivity index (χ0) is 30.9. The fourth-order valence-corrected chi connectivity index (χ4v) is 8.70. The molecule has 9 nitrogen and oxygen atoms in total. The highest BCUT2D eigenvalue weighted by Crippen LogP contribution is 2.67. The van der Waals surface area contributed by atoms with Crippen molar-refractivity contribution in [3.63, 3.8) is 0 Å². The van der Waals surface area contributed by atoms with E-state index >= 15 is 0 Å². The summed E-state index contributed by atoms with van der Waals surface area (Å²) in [5.41, 5.74) is 1.09. The number of thiol groups is 1. The lowest BCUT2D eigenvalue weighted by molar-refractivity contribution is -0.138. The Kier molecular flexibility index (Phi) is 9.73. The summed E-state index contributed by atoms with van der Waals surface area (Å²) in [4.78, 5) is 41.8. The van der Waals surface area contributed by atoms with Gasteiger partial charge in [0, 0.05) is 17.2 Å². The van der Waals surface area contributed by atoms with Crippen LogP contribution in [0.1, 0.15) is 85.5 Å². The number of aliphatic hydroxyl groups is 1. The Bertz CT molecular complexity index is 1180. The molecule has 0 bridgehead atoms. The van der Waals surface area contributed by atoms with Gasteiger partial charge in [0.15, 0.2) is 6.61 Å². The number of fused-ring (bicyclic) bond motifs is 5. The zero-order valence-corrected chi connectivity index (χ0v) is 26.2. The molecule has 0 saturated heterocycles. The summed E-state index contributed by atoms with van der Waals surface area (Å²) in [7, 11) is 0.